The summed E-state index contributed by atoms with van der Waals surface area (Å²) in [5.41, 5.74) is 1.82. The Balaban J connectivity index is 1.79. The van der Waals surface area contributed by atoms with Gasteiger partial charge in [0.25, 0.3) is 5.56 Å². The standard InChI is InChI=1S/C31H37FN2O6S/c1-7-41(37,38)25-12-13-28(40-31-19(2)14-22(32)15-20(31)3)26(16-25)27-18-33(5)30(36)17-29(27)39-24-10-8-23(9-11-24)34(6)21(4)35/h12-18,23-24H,7-11H2,1-6H3/t23-,24-. The second-order valence-electron chi connectivity index (χ2n) is 10.7. The number of benzene rings is 2. The number of pyridine rings is 1. The summed E-state index contributed by atoms with van der Waals surface area (Å²) in [4.78, 5) is 26.4. The molecule has 1 aromatic heterocycles. The van der Waals surface area contributed by atoms with Gasteiger partial charge in [-0.05, 0) is 81.0 Å². The Morgan fingerprint density at radius 2 is 1.66 bits per heavy atom. The number of nitrogens with zero attached hydrogens (tertiary/aromatic N) is 2. The molecule has 2 aromatic carbocycles. The first-order chi connectivity index (χ1) is 19.3. The van der Waals surface area contributed by atoms with Crippen molar-refractivity contribution in [1.29, 1.82) is 0 Å². The SMILES string of the molecule is CCS(=O)(=O)c1ccc(Oc2c(C)cc(F)cc2C)c(-c2cn(C)c(=O)cc2O[C@H]2CC[C@H](N(C)C(C)=O)CC2)c1. The van der Waals surface area contributed by atoms with Crippen molar-refractivity contribution in [3.63, 3.8) is 0 Å². The van der Waals surface area contributed by atoms with Gasteiger partial charge in [0, 0.05) is 50.5 Å². The zero-order valence-electron chi connectivity index (χ0n) is 24.4. The van der Waals surface area contributed by atoms with Crippen molar-refractivity contribution in [2.24, 2.45) is 7.05 Å². The van der Waals surface area contributed by atoms with E-state index in [1.54, 1.807) is 59.0 Å². The van der Waals surface area contributed by atoms with Crippen LogP contribution in [0.25, 0.3) is 11.1 Å². The Kier molecular flexibility index (Phi) is 8.91. The van der Waals surface area contributed by atoms with Gasteiger partial charge in [0.1, 0.15) is 23.1 Å². The normalized spacial score (nSPS) is 17.2. The first kappa shape index (κ1) is 30.3. The average molecular weight is 585 g/mol. The Labute approximate surface area is 240 Å². The first-order valence-electron chi connectivity index (χ1n) is 13.7. The van der Waals surface area contributed by atoms with Crippen LogP contribution in [-0.2, 0) is 21.7 Å². The Hall–Kier alpha value is -3.66. The van der Waals surface area contributed by atoms with Crippen LogP contribution in [-0.4, -0.2) is 48.7 Å². The van der Waals surface area contributed by atoms with Gasteiger partial charge >= 0.3 is 0 Å². The summed E-state index contributed by atoms with van der Waals surface area (Å²) in [5.74, 6) is 0.670. The monoisotopic (exact) mass is 584 g/mol. The topological polar surface area (TPSA) is 94.9 Å². The van der Waals surface area contributed by atoms with E-state index in [9.17, 15) is 22.4 Å². The van der Waals surface area contributed by atoms with Crippen molar-refractivity contribution >= 4 is 15.7 Å². The van der Waals surface area contributed by atoms with Gasteiger partial charge in [0.15, 0.2) is 9.84 Å². The number of aryl methyl sites for hydroxylation is 3. The smallest absolute Gasteiger partial charge is 0.254 e. The molecule has 0 bridgehead atoms. The summed E-state index contributed by atoms with van der Waals surface area (Å²) >= 11 is 0. The summed E-state index contributed by atoms with van der Waals surface area (Å²) < 4.78 is 53.8. The number of halogens is 1. The number of hydrogen-bond acceptors (Lipinski definition) is 6. The lowest BCUT2D eigenvalue weighted by molar-refractivity contribution is -0.130. The van der Waals surface area contributed by atoms with Crippen LogP contribution in [0.3, 0.4) is 0 Å². The molecule has 220 valence electrons. The maximum absolute atomic E-state index is 14.0. The summed E-state index contributed by atoms with van der Waals surface area (Å²) in [6.07, 6.45) is 4.34. The number of carbonyl (C=O) groups excluding carboxylic acids is 1. The van der Waals surface area contributed by atoms with E-state index in [0.717, 1.165) is 12.8 Å². The third kappa shape index (κ3) is 6.64. The first-order valence-corrected chi connectivity index (χ1v) is 15.4. The van der Waals surface area contributed by atoms with Crippen molar-refractivity contribution < 1.29 is 27.1 Å². The fraction of sp³-hybridized carbons (Fsp3) is 0.419. The van der Waals surface area contributed by atoms with Crippen LogP contribution >= 0.6 is 0 Å². The van der Waals surface area contributed by atoms with Gasteiger partial charge in [-0.15, -0.1) is 0 Å². The van der Waals surface area contributed by atoms with E-state index in [-0.39, 0.29) is 40.1 Å². The molecule has 1 amide bonds. The summed E-state index contributed by atoms with van der Waals surface area (Å²) in [6.45, 7) is 6.60. The van der Waals surface area contributed by atoms with E-state index in [4.69, 9.17) is 9.47 Å². The Bertz CT molecular complexity index is 1600. The molecule has 0 saturated heterocycles. The molecular formula is C31H37FN2O6S. The molecule has 0 atom stereocenters. The van der Waals surface area contributed by atoms with Crippen LogP contribution in [0.5, 0.6) is 17.2 Å². The van der Waals surface area contributed by atoms with E-state index in [2.05, 4.69) is 0 Å². The van der Waals surface area contributed by atoms with E-state index < -0.39 is 9.84 Å². The molecule has 1 fully saturated rings. The molecule has 0 N–H and O–H groups in total. The molecule has 4 rings (SSSR count). The summed E-state index contributed by atoms with van der Waals surface area (Å²) in [7, 11) is -0.153. The zero-order chi connectivity index (χ0) is 30.1. The van der Waals surface area contributed by atoms with E-state index in [1.165, 1.54) is 34.9 Å². The van der Waals surface area contributed by atoms with E-state index >= 15 is 0 Å². The second-order valence-corrected chi connectivity index (χ2v) is 13.0. The molecule has 0 spiro atoms. The van der Waals surface area contributed by atoms with Gasteiger partial charge in [0.05, 0.1) is 16.8 Å². The molecule has 1 aliphatic rings. The van der Waals surface area contributed by atoms with Gasteiger partial charge < -0.3 is 18.9 Å². The number of ether oxygens (including phenoxy) is 2. The number of hydrogen-bond donors (Lipinski definition) is 0. The lowest BCUT2D eigenvalue weighted by Crippen LogP contribution is -2.40. The summed E-state index contributed by atoms with van der Waals surface area (Å²) in [5, 5.41) is 0. The zero-order valence-corrected chi connectivity index (χ0v) is 25.2. The lowest BCUT2D eigenvalue weighted by atomic mass is 9.92. The van der Waals surface area contributed by atoms with Crippen molar-refractivity contribution in [2.75, 3.05) is 12.8 Å². The van der Waals surface area contributed by atoms with Crippen LogP contribution in [0.4, 0.5) is 4.39 Å². The van der Waals surface area contributed by atoms with Crippen molar-refractivity contribution in [3.05, 3.63) is 69.9 Å². The molecule has 1 saturated carbocycles. The maximum Gasteiger partial charge on any atom is 0.254 e. The van der Waals surface area contributed by atoms with Gasteiger partial charge in [0.2, 0.25) is 5.91 Å². The second kappa shape index (κ2) is 12.1. The van der Waals surface area contributed by atoms with Crippen molar-refractivity contribution in [1.82, 2.24) is 9.47 Å². The van der Waals surface area contributed by atoms with Crippen LogP contribution in [0, 0.1) is 19.7 Å². The number of carbonyl (C=O) groups is 1. The highest BCUT2D eigenvalue weighted by molar-refractivity contribution is 7.91. The fourth-order valence-electron chi connectivity index (χ4n) is 5.24. The number of amides is 1. The number of rotatable bonds is 8. The van der Waals surface area contributed by atoms with Gasteiger partial charge in [-0.25, -0.2) is 12.8 Å². The fourth-order valence-corrected chi connectivity index (χ4v) is 6.14. The van der Waals surface area contributed by atoms with Crippen LogP contribution in [0.15, 0.2) is 52.3 Å². The quantitative estimate of drug-likeness (QED) is 0.344. The largest absolute Gasteiger partial charge is 0.490 e. The van der Waals surface area contributed by atoms with Gasteiger partial charge in [-0.2, -0.15) is 0 Å². The third-order valence-corrected chi connectivity index (χ3v) is 9.52. The molecule has 0 radical (unpaired) electrons. The van der Waals surface area contributed by atoms with Gasteiger partial charge in [-0.3, -0.25) is 9.59 Å². The van der Waals surface area contributed by atoms with Crippen LogP contribution in [0.2, 0.25) is 0 Å². The molecular weight excluding hydrogens is 547 g/mol. The van der Waals surface area contributed by atoms with Crippen LogP contribution in [0.1, 0.15) is 50.7 Å². The summed E-state index contributed by atoms with van der Waals surface area (Å²) in [6, 6.07) is 8.89. The molecule has 3 aromatic rings. The number of sulfone groups is 1. The minimum absolute atomic E-state index is 0.0179. The predicted molar refractivity (Wildman–Crippen MR) is 156 cm³/mol. The third-order valence-electron chi connectivity index (χ3n) is 7.79. The van der Waals surface area contributed by atoms with E-state index in [0.29, 0.717) is 52.3 Å². The Morgan fingerprint density at radius 3 is 2.24 bits per heavy atom. The molecule has 1 heterocycles. The highest BCUT2D eigenvalue weighted by Crippen LogP contribution is 2.42. The highest BCUT2D eigenvalue weighted by atomic mass is 32.2. The molecule has 8 nitrogen and oxygen atoms in total. The molecule has 41 heavy (non-hydrogen) atoms. The molecule has 0 unspecified atom stereocenters. The Morgan fingerprint density at radius 1 is 1.02 bits per heavy atom. The molecule has 0 aliphatic heterocycles. The minimum Gasteiger partial charge on any atom is -0.490 e. The highest BCUT2D eigenvalue weighted by Gasteiger charge is 2.28. The maximum atomic E-state index is 14.0. The van der Waals surface area contributed by atoms with Crippen LogP contribution < -0.4 is 15.0 Å². The number of aromatic nitrogens is 1. The molecule has 10 heteroatoms. The van der Waals surface area contributed by atoms with Gasteiger partial charge in [-0.1, -0.05) is 6.92 Å². The average Bonchev–Trinajstić information content (AvgIpc) is 2.92. The van der Waals surface area contributed by atoms with Crippen molar-refractivity contribution in [3.8, 4) is 28.4 Å². The molecule has 1 aliphatic carbocycles. The van der Waals surface area contributed by atoms with E-state index in [1.807, 2.05) is 0 Å². The lowest BCUT2D eigenvalue weighted by Gasteiger charge is -2.34. The minimum atomic E-state index is -3.57. The van der Waals surface area contributed by atoms with Crippen molar-refractivity contribution in [2.45, 2.75) is 70.4 Å². The predicted octanol–water partition coefficient (Wildman–Crippen LogP) is 5.56.